The largest absolute Gasteiger partial charge is 0.384 e. The SMILES string of the molecule is CCNC1CCCC(C(C)COC)C1. The van der Waals surface area contributed by atoms with Gasteiger partial charge in [0, 0.05) is 19.8 Å². The van der Waals surface area contributed by atoms with Crippen LogP contribution in [-0.2, 0) is 4.74 Å². The van der Waals surface area contributed by atoms with Gasteiger partial charge in [-0.2, -0.15) is 0 Å². The molecule has 14 heavy (non-hydrogen) atoms. The summed E-state index contributed by atoms with van der Waals surface area (Å²) in [6, 6.07) is 0.762. The van der Waals surface area contributed by atoms with Crippen molar-refractivity contribution >= 4 is 0 Å². The molecule has 1 saturated carbocycles. The number of rotatable bonds is 5. The molecule has 1 rings (SSSR count). The van der Waals surface area contributed by atoms with Gasteiger partial charge in [-0.1, -0.05) is 20.3 Å². The Morgan fingerprint density at radius 3 is 2.86 bits per heavy atom. The smallest absolute Gasteiger partial charge is 0.0490 e. The molecule has 3 unspecified atom stereocenters. The van der Waals surface area contributed by atoms with Crippen LogP contribution in [0, 0.1) is 11.8 Å². The highest BCUT2D eigenvalue weighted by Gasteiger charge is 2.25. The first-order valence-electron chi connectivity index (χ1n) is 6.00. The van der Waals surface area contributed by atoms with Crippen LogP contribution in [0.2, 0.25) is 0 Å². The van der Waals surface area contributed by atoms with Crippen molar-refractivity contribution in [2.24, 2.45) is 11.8 Å². The Labute approximate surface area is 88.4 Å². The Morgan fingerprint density at radius 2 is 2.21 bits per heavy atom. The molecule has 0 aromatic rings. The Morgan fingerprint density at radius 1 is 1.43 bits per heavy atom. The summed E-state index contributed by atoms with van der Waals surface area (Å²) in [5.74, 6) is 1.59. The topological polar surface area (TPSA) is 21.3 Å². The number of nitrogens with one attached hydrogen (secondary N) is 1. The quantitative estimate of drug-likeness (QED) is 0.734. The van der Waals surface area contributed by atoms with E-state index in [4.69, 9.17) is 4.74 Å². The van der Waals surface area contributed by atoms with Gasteiger partial charge in [0.25, 0.3) is 0 Å². The van der Waals surface area contributed by atoms with Crippen LogP contribution >= 0.6 is 0 Å². The van der Waals surface area contributed by atoms with Gasteiger partial charge in [-0.05, 0) is 37.6 Å². The second kappa shape index (κ2) is 6.41. The van der Waals surface area contributed by atoms with E-state index in [9.17, 15) is 0 Å². The molecule has 1 N–H and O–H groups in total. The van der Waals surface area contributed by atoms with E-state index in [1.165, 1.54) is 25.7 Å². The van der Waals surface area contributed by atoms with Crippen LogP contribution in [0.3, 0.4) is 0 Å². The minimum atomic E-state index is 0.724. The third-order valence-corrected chi connectivity index (χ3v) is 3.44. The van der Waals surface area contributed by atoms with Crippen LogP contribution in [0.1, 0.15) is 39.5 Å². The summed E-state index contributed by atoms with van der Waals surface area (Å²) in [5.41, 5.74) is 0. The van der Waals surface area contributed by atoms with E-state index in [2.05, 4.69) is 19.2 Å². The van der Waals surface area contributed by atoms with Crippen LogP contribution in [-0.4, -0.2) is 26.3 Å². The molecule has 0 saturated heterocycles. The summed E-state index contributed by atoms with van der Waals surface area (Å²) in [7, 11) is 1.81. The molecule has 0 spiro atoms. The zero-order valence-corrected chi connectivity index (χ0v) is 9.88. The van der Waals surface area contributed by atoms with Crippen molar-refractivity contribution < 1.29 is 4.74 Å². The average Bonchev–Trinajstić information content (AvgIpc) is 2.19. The van der Waals surface area contributed by atoms with Crippen LogP contribution in [0.5, 0.6) is 0 Å². The van der Waals surface area contributed by atoms with Gasteiger partial charge in [-0.15, -0.1) is 0 Å². The second-order valence-electron chi connectivity index (χ2n) is 4.61. The Balaban J connectivity index is 2.31. The summed E-state index contributed by atoms with van der Waals surface area (Å²) in [5, 5.41) is 3.57. The highest BCUT2D eigenvalue weighted by Crippen LogP contribution is 2.30. The van der Waals surface area contributed by atoms with Gasteiger partial charge < -0.3 is 10.1 Å². The predicted octanol–water partition coefficient (Wildman–Crippen LogP) is 2.44. The van der Waals surface area contributed by atoms with Crippen LogP contribution in [0.25, 0.3) is 0 Å². The Hall–Kier alpha value is -0.0800. The van der Waals surface area contributed by atoms with E-state index >= 15 is 0 Å². The highest BCUT2D eigenvalue weighted by molar-refractivity contribution is 4.80. The maximum atomic E-state index is 5.23. The summed E-state index contributed by atoms with van der Waals surface area (Å²) in [6.07, 6.45) is 5.49. The zero-order valence-electron chi connectivity index (χ0n) is 9.88. The minimum absolute atomic E-state index is 0.724. The third kappa shape index (κ3) is 3.58. The molecular weight excluding hydrogens is 174 g/mol. The number of hydrogen-bond acceptors (Lipinski definition) is 2. The molecule has 0 amide bonds. The lowest BCUT2D eigenvalue weighted by molar-refractivity contribution is 0.107. The Bertz CT molecular complexity index is 143. The van der Waals surface area contributed by atoms with Crippen LogP contribution in [0.15, 0.2) is 0 Å². The van der Waals surface area contributed by atoms with Crippen molar-refractivity contribution in [2.75, 3.05) is 20.3 Å². The summed E-state index contributed by atoms with van der Waals surface area (Å²) < 4.78 is 5.23. The standard InChI is InChI=1S/C12H25NO/c1-4-13-12-7-5-6-11(8-12)10(2)9-14-3/h10-13H,4-9H2,1-3H3. The van der Waals surface area contributed by atoms with Crippen molar-refractivity contribution in [1.29, 1.82) is 0 Å². The van der Waals surface area contributed by atoms with Crippen molar-refractivity contribution in [3.8, 4) is 0 Å². The van der Waals surface area contributed by atoms with Crippen molar-refractivity contribution in [3.63, 3.8) is 0 Å². The van der Waals surface area contributed by atoms with E-state index in [1.54, 1.807) is 7.11 Å². The molecule has 0 aromatic heterocycles. The second-order valence-corrected chi connectivity index (χ2v) is 4.61. The third-order valence-electron chi connectivity index (χ3n) is 3.44. The first-order chi connectivity index (χ1) is 6.77. The van der Waals surface area contributed by atoms with E-state index in [1.807, 2.05) is 0 Å². The molecule has 0 heterocycles. The molecule has 0 bridgehead atoms. The van der Waals surface area contributed by atoms with Gasteiger partial charge >= 0.3 is 0 Å². The molecule has 0 radical (unpaired) electrons. The minimum Gasteiger partial charge on any atom is -0.384 e. The van der Waals surface area contributed by atoms with Crippen LogP contribution < -0.4 is 5.32 Å². The molecule has 1 aliphatic carbocycles. The van der Waals surface area contributed by atoms with Crippen molar-refractivity contribution in [3.05, 3.63) is 0 Å². The lowest BCUT2D eigenvalue weighted by atomic mass is 9.79. The van der Waals surface area contributed by atoms with Gasteiger partial charge in [0.15, 0.2) is 0 Å². The van der Waals surface area contributed by atoms with Gasteiger partial charge in [0.05, 0.1) is 0 Å². The summed E-state index contributed by atoms with van der Waals surface area (Å²) in [4.78, 5) is 0. The van der Waals surface area contributed by atoms with Gasteiger partial charge in [0.1, 0.15) is 0 Å². The van der Waals surface area contributed by atoms with Crippen molar-refractivity contribution in [2.45, 2.75) is 45.6 Å². The van der Waals surface area contributed by atoms with E-state index in [0.29, 0.717) is 0 Å². The number of hydrogen-bond donors (Lipinski definition) is 1. The molecule has 2 nitrogen and oxygen atoms in total. The number of methoxy groups -OCH3 is 1. The maximum Gasteiger partial charge on any atom is 0.0490 e. The molecule has 2 heteroatoms. The molecule has 3 atom stereocenters. The molecule has 1 aliphatic rings. The van der Waals surface area contributed by atoms with Gasteiger partial charge in [0.2, 0.25) is 0 Å². The van der Waals surface area contributed by atoms with E-state index in [0.717, 1.165) is 31.0 Å². The summed E-state index contributed by atoms with van der Waals surface area (Å²) in [6.45, 7) is 6.55. The molecule has 1 fully saturated rings. The normalized spacial score (nSPS) is 30.2. The van der Waals surface area contributed by atoms with E-state index < -0.39 is 0 Å². The monoisotopic (exact) mass is 199 g/mol. The summed E-state index contributed by atoms with van der Waals surface area (Å²) >= 11 is 0. The highest BCUT2D eigenvalue weighted by atomic mass is 16.5. The fourth-order valence-corrected chi connectivity index (χ4v) is 2.62. The zero-order chi connectivity index (χ0) is 10.4. The lowest BCUT2D eigenvalue weighted by Crippen LogP contribution is -2.36. The first-order valence-corrected chi connectivity index (χ1v) is 6.00. The molecule has 0 aliphatic heterocycles. The maximum absolute atomic E-state index is 5.23. The number of ether oxygens (including phenoxy) is 1. The van der Waals surface area contributed by atoms with Gasteiger partial charge in [-0.25, -0.2) is 0 Å². The molecule has 0 aromatic carbocycles. The fraction of sp³-hybridized carbons (Fsp3) is 1.00. The van der Waals surface area contributed by atoms with E-state index in [-0.39, 0.29) is 0 Å². The lowest BCUT2D eigenvalue weighted by Gasteiger charge is -2.33. The average molecular weight is 199 g/mol. The predicted molar refractivity (Wildman–Crippen MR) is 60.5 cm³/mol. The van der Waals surface area contributed by atoms with Crippen LogP contribution in [0.4, 0.5) is 0 Å². The van der Waals surface area contributed by atoms with Gasteiger partial charge in [-0.3, -0.25) is 0 Å². The van der Waals surface area contributed by atoms with Crippen molar-refractivity contribution in [1.82, 2.24) is 5.32 Å². The Kier molecular flexibility index (Phi) is 5.49. The fourth-order valence-electron chi connectivity index (χ4n) is 2.62. The molecule has 84 valence electrons. The first kappa shape index (κ1) is 12.0. The molecular formula is C12H25NO.